The normalized spacial score (nSPS) is 36.9. The molecule has 6 nitrogen and oxygen atoms in total. The minimum absolute atomic E-state index is 0.0241. The standard InChI is InChI=1S/C31H43ClF3N3O3S2/c1-41-26-14-17(5-10-22(26)32)20-3-2-4-25-28(20)38(19-8-6-18(33)7-9-19)30(36-25)42-15-21-23(34)11-16(12-24(21)35)13-27-29(39)37-31(40)43-27/h16-24,26,39H,2-15H2,1H3,(H,37,40). The van der Waals surface area contributed by atoms with Crippen molar-refractivity contribution in [3.05, 3.63) is 25.9 Å². The molecule has 4 aliphatic carbocycles. The van der Waals surface area contributed by atoms with Crippen LogP contribution in [0.1, 0.15) is 98.9 Å². The van der Waals surface area contributed by atoms with Crippen molar-refractivity contribution in [1.82, 2.24) is 14.5 Å². The van der Waals surface area contributed by atoms with Crippen molar-refractivity contribution in [3.8, 4) is 5.88 Å². The largest absolute Gasteiger partial charge is 0.494 e. The van der Waals surface area contributed by atoms with Crippen LogP contribution in [0.4, 0.5) is 13.2 Å². The van der Waals surface area contributed by atoms with Gasteiger partial charge in [-0.15, -0.1) is 11.6 Å². The van der Waals surface area contributed by atoms with Crippen LogP contribution in [0.5, 0.6) is 5.88 Å². The van der Waals surface area contributed by atoms with Crippen LogP contribution in [0.3, 0.4) is 0 Å². The topological polar surface area (TPSA) is 80.1 Å². The number of hydrogen-bond acceptors (Lipinski definition) is 6. The summed E-state index contributed by atoms with van der Waals surface area (Å²) in [6.07, 6.45) is 5.78. The summed E-state index contributed by atoms with van der Waals surface area (Å²) in [5.41, 5.74) is 2.37. The summed E-state index contributed by atoms with van der Waals surface area (Å²) in [5.74, 6) is -0.157. The van der Waals surface area contributed by atoms with Crippen molar-refractivity contribution in [3.63, 3.8) is 0 Å². The Morgan fingerprint density at radius 2 is 1.84 bits per heavy atom. The van der Waals surface area contributed by atoms with E-state index in [-0.39, 0.29) is 47.0 Å². The lowest BCUT2D eigenvalue weighted by atomic mass is 9.72. The van der Waals surface area contributed by atoms with E-state index in [1.54, 1.807) is 7.11 Å². The molecule has 2 aromatic rings. The maximum Gasteiger partial charge on any atom is 0.307 e. The number of aromatic hydroxyl groups is 1. The molecule has 43 heavy (non-hydrogen) atoms. The fourth-order valence-electron chi connectivity index (χ4n) is 8.22. The van der Waals surface area contributed by atoms with Gasteiger partial charge >= 0.3 is 4.87 Å². The first-order valence-corrected chi connectivity index (χ1v) is 18.2. The molecule has 240 valence electrons. The van der Waals surface area contributed by atoms with Gasteiger partial charge in [0.25, 0.3) is 0 Å². The number of imidazole rings is 1. The van der Waals surface area contributed by atoms with E-state index in [0.717, 1.165) is 73.6 Å². The highest BCUT2D eigenvalue weighted by Crippen LogP contribution is 2.48. The van der Waals surface area contributed by atoms with E-state index < -0.39 is 24.4 Å². The van der Waals surface area contributed by atoms with E-state index in [4.69, 9.17) is 21.3 Å². The Morgan fingerprint density at radius 3 is 2.51 bits per heavy atom. The summed E-state index contributed by atoms with van der Waals surface area (Å²) in [6, 6.07) is 0.146. The Morgan fingerprint density at radius 1 is 1.09 bits per heavy atom. The molecule has 4 aliphatic rings. The second-order valence-corrected chi connectivity index (χ2v) is 15.8. The molecule has 0 radical (unpaired) electrons. The maximum absolute atomic E-state index is 15.5. The molecule has 0 bridgehead atoms. The van der Waals surface area contributed by atoms with Crippen LogP contribution >= 0.6 is 34.7 Å². The van der Waals surface area contributed by atoms with Crippen LogP contribution < -0.4 is 4.87 Å². The second-order valence-electron chi connectivity index (χ2n) is 13.2. The number of aromatic amines is 1. The monoisotopic (exact) mass is 661 g/mol. The van der Waals surface area contributed by atoms with E-state index in [0.29, 0.717) is 41.7 Å². The van der Waals surface area contributed by atoms with Gasteiger partial charge in [-0.3, -0.25) is 9.78 Å². The number of aromatic nitrogens is 3. The Balaban J connectivity index is 1.21. The van der Waals surface area contributed by atoms with Crippen LogP contribution in [-0.4, -0.2) is 62.5 Å². The second kappa shape index (κ2) is 13.7. The quantitative estimate of drug-likeness (QED) is 0.224. The van der Waals surface area contributed by atoms with Crippen LogP contribution in [0.15, 0.2) is 9.95 Å². The van der Waals surface area contributed by atoms with Gasteiger partial charge in [0, 0.05) is 36.4 Å². The zero-order valence-corrected chi connectivity index (χ0v) is 27.0. The van der Waals surface area contributed by atoms with Gasteiger partial charge in [0.1, 0.15) is 18.5 Å². The van der Waals surface area contributed by atoms with Crippen LogP contribution in [0.2, 0.25) is 0 Å². The maximum atomic E-state index is 15.5. The number of alkyl halides is 4. The summed E-state index contributed by atoms with van der Waals surface area (Å²) < 4.78 is 53.4. The number of nitrogens with zero attached hydrogens (tertiary/aromatic N) is 2. The SMILES string of the molecule is COC1CC(C2CCCc3nc(SCC4C(F)CC(Cc5sc(=O)[nH]c5O)CC4F)n(C4CCC(F)CC4)c32)CCC1Cl. The summed E-state index contributed by atoms with van der Waals surface area (Å²) in [6.45, 7) is 0. The molecule has 2 aromatic heterocycles. The lowest BCUT2D eigenvalue weighted by molar-refractivity contribution is 0.0457. The highest BCUT2D eigenvalue weighted by molar-refractivity contribution is 7.99. The van der Waals surface area contributed by atoms with Crippen molar-refractivity contribution in [2.24, 2.45) is 17.8 Å². The fraction of sp³-hybridized carbons (Fsp3) is 0.806. The molecule has 3 saturated carbocycles. The van der Waals surface area contributed by atoms with E-state index >= 15 is 8.78 Å². The summed E-state index contributed by atoms with van der Waals surface area (Å²) in [4.78, 5) is 19.1. The number of rotatable bonds is 8. The minimum Gasteiger partial charge on any atom is -0.494 e. The third-order valence-corrected chi connectivity index (χ3v) is 13.0. The van der Waals surface area contributed by atoms with Gasteiger partial charge in [0.2, 0.25) is 5.88 Å². The minimum atomic E-state index is -1.32. The molecule has 3 fully saturated rings. The number of ether oxygens (including phenoxy) is 1. The Hall–Kier alpha value is -1.17. The van der Waals surface area contributed by atoms with Crippen LogP contribution in [0.25, 0.3) is 0 Å². The first-order valence-electron chi connectivity index (χ1n) is 16.0. The summed E-state index contributed by atoms with van der Waals surface area (Å²) in [7, 11) is 1.74. The molecule has 12 heteroatoms. The predicted octanol–water partition coefficient (Wildman–Crippen LogP) is 7.67. The van der Waals surface area contributed by atoms with E-state index in [2.05, 4.69) is 9.55 Å². The van der Waals surface area contributed by atoms with Crippen molar-refractivity contribution >= 4 is 34.7 Å². The number of thiazole rings is 1. The molecule has 0 spiro atoms. The first kappa shape index (κ1) is 31.8. The number of halogens is 4. The van der Waals surface area contributed by atoms with Gasteiger partial charge < -0.3 is 14.4 Å². The summed E-state index contributed by atoms with van der Waals surface area (Å²) in [5, 5.41) is 10.8. The predicted molar refractivity (Wildman–Crippen MR) is 165 cm³/mol. The smallest absolute Gasteiger partial charge is 0.307 e. The van der Waals surface area contributed by atoms with Gasteiger partial charge in [-0.1, -0.05) is 23.1 Å². The summed E-state index contributed by atoms with van der Waals surface area (Å²) >= 11 is 8.95. The highest BCUT2D eigenvalue weighted by Gasteiger charge is 2.42. The zero-order chi connectivity index (χ0) is 30.2. The molecule has 6 rings (SSSR count). The van der Waals surface area contributed by atoms with Gasteiger partial charge in [-0.2, -0.15) is 0 Å². The van der Waals surface area contributed by atoms with Crippen LogP contribution in [-0.2, 0) is 17.6 Å². The molecular weight excluding hydrogens is 619 g/mol. The lowest BCUT2D eigenvalue weighted by Crippen LogP contribution is -2.37. The Bertz CT molecular complexity index is 1290. The zero-order valence-electron chi connectivity index (χ0n) is 24.7. The third-order valence-electron chi connectivity index (χ3n) is 10.5. The van der Waals surface area contributed by atoms with E-state index in [1.165, 1.54) is 17.5 Å². The Labute approximate surface area is 264 Å². The van der Waals surface area contributed by atoms with Gasteiger partial charge in [0.05, 0.1) is 22.1 Å². The molecule has 0 amide bonds. The number of thioether (sulfide) groups is 1. The Kier molecular flexibility index (Phi) is 10.1. The van der Waals surface area contributed by atoms with Crippen molar-refractivity contribution in [2.75, 3.05) is 12.9 Å². The number of aryl methyl sites for hydroxylation is 1. The average molecular weight is 662 g/mol. The number of hydrogen-bond donors (Lipinski definition) is 2. The molecule has 2 N–H and O–H groups in total. The molecule has 2 heterocycles. The number of fused-ring (bicyclic) bond motifs is 1. The van der Waals surface area contributed by atoms with Crippen molar-refractivity contribution < 1.29 is 23.0 Å². The van der Waals surface area contributed by atoms with E-state index in [1.807, 2.05) is 0 Å². The molecule has 6 atom stereocenters. The van der Waals surface area contributed by atoms with Gasteiger partial charge in [-0.25, -0.2) is 18.2 Å². The molecule has 6 unspecified atom stereocenters. The van der Waals surface area contributed by atoms with Gasteiger partial charge in [-0.05, 0) is 95.3 Å². The highest BCUT2D eigenvalue weighted by atomic mass is 35.5. The molecule has 0 aromatic carbocycles. The number of nitrogens with one attached hydrogen (secondary N) is 1. The number of H-pyrrole nitrogens is 1. The van der Waals surface area contributed by atoms with Gasteiger partial charge in [0.15, 0.2) is 5.16 Å². The fourth-order valence-corrected chi connectivity index (χ4v) is 10.7. The average Bonchev–Trinajstić information content (AvgIpc) is 3.51. The van der Waals surface area contributed by atoms with Crippen LogP contribution in [0, 0.1) is 17.8 Å². The van der Waals surface area contributed by atoms with Crippen molar-refractivity contribution in [2.45, 2.75) is 131 Å². The molecule has 0 aliphatic heterocycles. The molecular formula is C31H43ClF3N3O3S2. The number of methoxy groups -OCH3 is 1. The first-order chi connectivity index (χ1) is 20.7. The van der Waals surface area contributed by atoms with Crippen molar-refractivity contribution in [1.29, 1.82) is 0 Å². The lowest BCUT2D eigenvalue weighted by Gasteiger charge is -2.40. The third kappa shape index (κ3) is 6.85. The van der Waals surface area contributed by atoms with E-state index in [9.17, 15) is 14.3 Å². The molecule has 0 saturated heterocycles.